The predicted octanol–water partition coefficient (Wildman–Crippen LogP) is 0.596. The summed E-state index contributed by atoms with van der Waals surface area (Å²) in [5.41, 5.74) is 7.79. The van der Waals surface area contributed by atoms with Crippen molar-refractivity contribution >= 4 is 39.5 Å². The summed E-state index contributed by atoms with van der Waals surface area (Å²) in [5.74, 6) is -6.11. The van der Waals surface area contributed by atoms with Gasteiger partial charge in [-0.2, -0.15) is 0 Å². The maximum atomic E-state index is 14.6. The van der Waals surface area contributed by atoms with E-state index >= 15 is 0 Å². The number of aliphatic carboxylic acids is 1. The smallest absolute Gasteiger partial charge is 0.339 e. The number of carboxylic acids is 1. The van der Waals surface area contributed by atoms with Gasteiger partial charge in [0.25, 0.3) is 0 Å². The number of hydrogen-bond donors (Lipinski definition) is 10. The average Bonchev–Trinajstić information content (AvgIpc) is 3.93. The van der Waals surface area contributed by atoms with Crippen LogP contribution in [0.5, 0.6) is 0 Å². The summed E-state index contributed by atoms with van der Waals surface area (Å²) in [5, 5.41) is 87.2. The number of esters is 1. The van der Waals surface area contributed by atoms with E-state index in [-0.39, 0.29) is 67.5 Å². The van der Waals surface area contributed by atoms with Crippen LogP contribution in [0.15, 0.2) is 63.7 Å². The van der Waals surface area contributed by atoms with E-state index in [2.05, 4.69) is 10.3 Å². The largest absolute Gasteiger partial charge is 0.478 e. The highest BCUT2D eigenvalue weighted by atomic mass is 33.1. The number of nitrogens with two attached hydrogens (primary N) is 1. The number of nitrogens with zero attached hydrogens (tertiary/aromatic N) is 2. The number of nitrogens with one attached hydrogen (secondary N) is 1. The van der Waals surface area contributed by atoms with Gasteiger partial charge in [0.15, 0.2) is 18.4 Å². The number of guanidine groups is 1. The van der Waals surface area contributed by atoms with E-state index in [4.69, 9.17) is 29.4 Å². The normalized spacial score (nSPS) is 34.3. The van der Waals surface area contributed by atoms with Gasteiger partial charge in [-0.3, -0.25) is 4.99 Å². The lowest BCUT2D eigenvalue weighted by molar-refractivity contribution is -0.413. The Kier molecular flexibility index (Phi) is 18.1. The molecule has 21 heteroatoms. The molecule has 2 saturated carbocycles. The van der Waals surface area contributed by atoms with E-state index in [1.807, 2.05) is 6.08 Å². The highest BCUT2D eigenvalue weighted by Gasteiger charge is 2.58. The second kappa shape index (κ2) is 23.0. The first-order chi connectivity index (χ1) is 30.7. The highest BCUT2D eigenvalue weighted by Crippen LogP contribution is 2.44. The van der Waals surface area contributed by atoms with Crippen molar-refractivity contribution in [3.63, 3.8) is 0 Å². The second-order valence-corrected chi connectivity index (χ2v) is 19.7. The monoisotopic (exact) mass is 940 g/mol. The fourth-order valence-electron chi connectivity index (χ4n) is 8.97. The van der Waals surface area contributed by atoms with E-state index in [9.17, 15) is 50.4 Å². The van der Waals surface area contributed by atoms with Crippen molar-refractivity contribution in [1.29, 1.82) is 0 Å². The van der Waals surface area contributed by atoms with Gasteiger partial charge in [0, 0.05) is 55.8 Å². The molecule has 0 aromatic heterocycles. The number of rotatable bonds is 13. The van der Waals surface area contributed by atoms with Gasteiger partial charge < -0.3 is 80.5 Å². The summed E-state index contributed by atoms with van der Waals surface area (Å²) < 4.78 is 30.8. The van der Waals surface area contributed by atoms with Crippen molar-refractivity contribution < 1.29 is 74.1 Å². The SMILES string of the molecule is CC(C)O[C@H]1[C@H](O[C@@H]2OC=C3C(=O)O[C@@H]4CC[C@@H](CO)[C@H]4CSSC[C@H](CO)N4C=C(C(=O)O)C(NC(N)=NCCCO)=C(/C=C/[C@H]3[C@H]2C=C2CCCC2)C4)O[C@H](CO)[C@@H](O)C1(O)O. The number of hydrogen-bond acceptors (Lipinski definition) is 18. The molecular weight excluding hydrogens is 877 g/mol. The molecule has 6 rings (SSSR count). The molecule has 358 valence electrons. The molecule has 0 aromatic carbocycles. The molecule has 6 aliphatic rings. The Balaban J connectivity index is 1.50. The Morgan fingerprint density at radius 2 is 1.84 bits per heavy atom. The first kappa shape index (κ1) is 50.2. The molecule has 11 N–H and O–H groups in total. The molecule has 1 saturated heterocycles. The van der Waals surface area contributed by atoms with Crippen LogP contribution in [0.1, 0.15) is 58.8 Å². The Bertz CT molecular complexity index is 1820. The summed E-state index contributed by atoms with van der Waals surface area (Å²) in [6, 6.07) is -0.523. The minimum Gasteiger partial charge on any atom is -0.478 e. The van der Waals surface area contributed by atoms with Gasteiger partial charge in [0.05, 0.1) is 54.4 Å². The first-order valence-electron chi connectivity index (χ1n) is 21.9. The summed E-state index contributed by atoms with van der Waals surface area (Å²) in [6.07, 6.45) is 3.65. The molecule has 11 atom stereocenters. The number of carboxylic acid groups (broad SMARTS) is 1. The molecule has 2 aliphatic carbocycles. The van der Waals surface area contributed by atoms with Crippen LogP contribution in [-0.2, 0) is 33.3 Å². The summed E-state index contributed by atoms with van der Waals surface area (Å²) in [6.45, 7) is 2.25. The van der Waals surface area contributed by atoms with Crippen LogP contribution < -0.4 is 11.1 Å². The van der Waals surface area contributed by atoms with E-state index in [1.54, 1.807) is 30.9 Å². The molecule has 0 amide bonds. The minimum atomic E-state index is -2.93. The van der Waals surface area contributed by atoms with Gasteiger partial charge >= 0.3 is 11.9 Å². The molecule has 19 nitrogen and oxygen atoms in total. The van der Waals surface area contributed by atoms with Gasteiger partial charge in [-0.05, 0) is 70.3 Å². The lowest BCUT2D eigenvalue weighted by Gasteiger charge is -2.48. The van der Waals surface area contributed by atoms with Crippen molar-refractivity contribution in [2.75, 3.05) is 51.0 Å². The number of carbonyl (C=O) groups is 2. The molecule has 0 unspecified atom stereocenters. The lowest BCUT2D eigenvalue weighted by atomic mass is 9.81. The molecule has 0 radical (unpaired) electrons. The molecule has 0 spiro atoms. The van der Waals surface area contributed by atoms with Crippen molar-refractivity contribution in [3.05, 3.63) is 58.7 Å². The topological polar surface area (TPSA) is 296 Å². The molecular formula is C43H64N4O15S2. The Morgan fingerprint density at radius 3 is 2.52 bits per heavy atom. The Labute approximate surface area is 380 Å². The fourth-order valence-corrected chi connectivity index (χ4v) is 11.8. The number of allylic oxidation sites excluding steroid dienone is 2. The van der Waals surface area contributed by atoms with Crippen LogP contribution in [0.4, 0.5) is 0 Å². The van der Waals surface area contributed by atoms with Gasteiger partial charge in [0.2, 0.25) is 12.1 Å². The summed E-state index contributed by atoms with van der Waals surface area (Å²) in [4.78, 5) is 33.6. The van der Waals surface area contributed by atoms with Crippen LogP contribution in [0.25, 0.3) is 0 Å². The summed E-state index contributed by atoms with van der Waals surface area (Å²) >= 11 is 0. The van der Waals surface area contributed by atoms with E-state index in [0.29, 0.717) is 36.3 Å². The number of aliphatic hydroxyl groups is 7. The molecule has 64 heavy (non-hydrogen) atoms. The first-order valence-corrected chi connectivity index (χ1v) is 24.4. The third-order valence-electron chi connectivity index (χ3n) is 12.5. The van der Waals surface area contributed by atoms with Gasteiger partial charge in [0.1, 0.15) is 18.3 Å². The van der Waals surface area contributed by atoms with Gasteiger partial charge in [-0.1, -0.05) is 45.4 Å². The maximum absolute atomic E-state index is 14.6. The van der Waals surface area contributed by atoms with Crippen LogP contribution in [0.2, 0.25) is 0 Å². The van der Waals surface area contributed by atoms with E-state index in [0.717, 1.165) is 31.3 Å². The molecule has 0 aromatic rings. The third kappa shape index (κ3) is 11.8. The number of ether oxygens (including phenoxy) is 5. The minimum absolute atomic E-state index is 0.0877. The lowest BCUT2D eigenvalue weighted by Crippen LogP contribution is -2.69. The van der Waals surface area contributed by atoms with Crippen molar-refractivity contribution in [1.82, 2.24) is 10.2 Å². The maximum Gasteiger partial charge on any atom is 0.339 e. The Hall–Kier alpha value is -3.19. The van der Waals surface area contributed by atoms with E-state index < -0.39 is 85.3 Å². The number of fused-ring (bicyclic) bond motifs is 4. The van der Waals surface area contributed by atoms with Crippen LogP contribution in [0.3, 0.4) is 0 Å². The molecule has 2 bridgehead atoms. The second-order valence-electron chi connectivity index (χ2n) is 17.2. The van der Waals surface area contributed by atoms with E-state index in [1.165, 1.54) is 34.0 Å². The zero-order valence-electron chi connectivity index (χ0n) is 36.1. The van der Waals surface area contributed by atoms with Gasteiger partial charge in [-0.15, -0.1) is 0 Å². The predicted molar refractivity (Wildman–Crippen MR) is 235 cm³/mol. The Morgan fingerprint density at radius 1 is 1.09 bits per heavy atom. The zero-order valence-corrected chi connectivity index (χ0v) is 37.8. The molecule has 4 aliphatic heterocycles. The highest BCUT2D eigenvalue weighted by molar-refractivity contribution is 8.76. The molecule has 3 fully saturated rings. The van der Waals surface area contributed by atoms with Crippen molar-refractivity contribution in [2.45, 2.75) is 114 Å². The number of aliphatic imine (C=N–C) groups is 1. The van der Waals surface area contributed by atoms with Crippen LogP contribution >= 0.6 is 21.6 Å². The van der Waals surface area contributed by atoms with Gasteiger partial charge in [-0.25, -0.2) is 9.59 Å². The van der Waals surface area contributed by atoms with Crippen LogP contribution in [0, 0.1) is 23.7 Å². The number of aliphatic hydroxyl groups excluding tert-OH is 5. The van der Waals surface area contributed by atoms with Crippen LogP contribution in [-0.4, -0.2) is 170 Å². The zero-order chi connectivity index (χ0) is 46.1. The average molecular weight is 941 g/mol. The standard InChI is InChI=1S/C43H64N4O15S2/c1-23(2)59-37-41(61-34(19-51)36(52)43(37,56)57)62-40-29(14-24-6-3-4-7-24)28-10-8-25-15-47(16-30(38(53)54)35(25)46-42(44)45-12-5-13-48)27(18-50)21-63-64-22-32-26(17-49)9-11-33(32)60-39(55)31(28)20-58-40/h8,10,14,16,20,23,26-29,32-34,36-37,40-41,48-52,56-57H,3-7,9,11-13,15,17-19,21-22H2,1-2H3,(H,53,54)(H3,44,45,46)/b10-8+/t26-,27-,28-,29+,32+,33+,34+,36+,37-,40-,41-/m0/s1. The number of carbonyl (C=O) groups excluding carboxylic acids is 1. The molecule has 4 heterocycles. The third-order valence-corrected chi connectivity index (χ3v) is 15.0. The fraction of sp³-hybridized carbons (Fsp3) is 0.698. The van der Waals surface area contributed by atoms with Crippen molar-refractivity contribution in [2.24, 2.45) is 34.4 Å². The van der Waals surface area contributed by atoms with Crippen molar-refractivity contribution in [3.8, 4) is 0 Å². The quantitative estimate of drug-likeness (QED) is 0.0230. The summed E-state index contributed by atoms with van der Waals surface area (Å²) in [7, 11) is 3.01.